The number of nitrogens with two attached hydrogens (primary N) is 1. The zero-order chi connectivity index (χ0) is 8.55. The van der Waals surface area contributed by atoms with Crippen molar-refractivity contribution in [2.45, 2.75) is 5.75 Å². The molecule has 3 heteroatoms. The maximum Gasteiger partial charge on any atom is 0.0476 e. The average molecular weight is 178 g/mol. The van der Waals surface area contributed by atoms with E-state index in [1.54, 1.807) is 0 Å². The second kappa shape index (κ2) is 2.75. The molecular weight excluding hydrogens is 168 g/mol. The fraction of sp³-hybridized carbons (Fsp3) is 0.111. The van der Waals surface area contributed by atoms with Crippen LogP contribution in [0.2, 0.25) is 0 Å². The van der Waals surface area contributed by atoms with Crippen LogP contribution in [-0.2, 0) is 5.75 Å². The summed E-state index contributed by atoms with van der Waals surface area (Å²) in [5.74, 6) is 0.731. The number of thiol groups is 1. The summed E-state index contributed by atoms with van der Waals surface area (Å²) in [5, 5.41) is 1.19. The first-order valence-electron chi connectivity index (χ1n) is 3.77. The first-order valence-corrected chi connectivity index (χ1v) is 4.41. The fourth-order valence-corrected chi connectivity index (χ4v) is 1.46. The minimum atomic E-state index is 0.731. The van der Waals surface area contributed by atoms with Gasteiger partial charge < -0.3 is 10.7 Å². The molecule has 3 N–H and O–H groups in total. The summed E-state index contributed by atoms with van der Waals surface area (Å²) < 4.78 is 0. The van der Waals surface area contributed by atoms with Crippen LogP contribution in [0.5, 0.6) is 0 Å². The van der Waals surface area contributed by atoms with Crippen LogP contribution in [0.4, 0.5) is 5.69 Å². The molecule has 0 amide bonds. The van der Waals surface area contributed by atoms with Gasteiger partial charge in [-0.05, 0) is 23.6 Å². The Morgan fingerprint density at radius 3 is 2.92 bits per heavy atom. The molecule has 1 aromatic heterocycles. The van der Waals surface area contributed by atoms with Crippen LogP contribution in [0.3, 0.4) is 0 Å². The molecule has 0 unspecified atom stereocenters. The van der Waals surface area contributed by atoms with Gasteiger partial charge in [0.1, 0.15) is 0 Å². The number of anilines is 1. The molecule has 1 aromatic carbocycles. The largest absolute Gasteiger partial charge is 0.399 e. The van der Waals surface area contributed by atoms with Crippen molar-refractivity contribution in [2.24, 2.45) is 0 Å². The molecule has 0 spiro atoms. The molecule has 2 aromatic rings. The Morgan fingerprint density at radius 1 is 1.33 bits per heavy atom. The van der Waals surface area contributed by atoms with E-state index in [1.165, 1.54) is 5.39 Å². The molecule has 0 aliphatic heterocycles. The van der Waals surface area contributed by atoms with Crippen molar-refractivity contribution in [3.05, 3.63) is 30.0 Å². The van der Waals surface area contributed by atoms with Gasteiger partial charge in [0, 0.05) is 22.7 Å². The zero-order valence-electron chi connectivity index (χ0n) is 6.54. The molecule has 0 saturated carbocycles. The van der Waals surface area contributed by atoms with Crippen molar-refractivity contribution in [1.82, 2.24) is 4.98 Å². The number of nitrogen functional groups attached to an aromatic ring is 1. The Balaban J connectivity index is 2.67. The van der Waals surface area contributed by atoms with Gasteiger partial charge in [-0.3, -0.25) is 0 Å². The van der Waals surface area contributed by atoms with Crippen LogP contribution in [0.1, 0.15) is 5.69 Å². The third-order valence-corrected chi connectivity index (χ3v) is 2.21. The van der Waals surface area contributed by atoms with Crippen LogP contribution in [0.25, 0.3) is 10.9 Å². The molecule has 0 aliphatic carbocycles. The molecule has 0 aliphatic rings. The highest BCUT2D eigenvalue weighted by atomic mass is 32.1. The van der Waals surface area contributed by atoms with Gasteiger partial charge in [0.2, 0.25) is 0 Å². The van der Waals surface area contributed by atoms with Crippen molar-refractivity contribution < 1.29 is 0 Å². The van der Waals surface area contributed by atoms with Gasteiger partial charge in [0.25, 0.3) is 0 Å². The molecule has 0 saturated heterocycles. The molecule has 0 atom stereocenters. The highest BCUT2D eigenvalue weighted by Gasteiger charge is 1.98. The van der Waals surface area contributed by atoms with Crippen molar-refractivity contribution in [1.29, 1.82) is 0 Å². The van der Waals surface area contributed by atoms with E-state index in [1.807, 2.05) is 18.2 Å². The van der Waals surface area contributed by atoms with Gasteiger partial charge in [0.15, 0.2) is 0 Å². The molecule has 62 valence electrons. The van der Waals surface area contributed by atoms with Gasteiger partial charge >= 0.3 is 0 Å². The summed E-state index contributed by atoms with van der Waals surface area (Å²) in [6.45, 7) is 0. The molecule has 0 bridgehead atoms. The van der Waals surface area contributed by atoms with Crippen LogP contribution in [0.15, 0.2) is 24.3 Å². The highest BCUT2D eigenvalue weighted by molar-refractivity contribution is 7.79. The zero-order valence-corrected chi connectivity index (χ0v) is 7.44. The first kappa shape index (κ1) is 7.55. The lowest BCUT2D eigenvalue weighted by Gasteiger charge is -1.91. The number of hydrogen-bond acceptors (Lipinski definition) is 2. The monoisotopic (exact) mass is 178 g/mol. The van der Waals surface area contributed by atoms with Gasteiger partial charge in [-0.25, -0.2) is 0 Å². The Kier molecular flexibility index (Phi) is 1.73. The molecule has 12 heavy (non-hydrogen) atoms. The predicted molar refractivity (Wildman–Crippen MR) is 55.4 cm³/mol. The van der Waals surface area contributed by atoms with Gasteiger partial charge in [0.05, 0.1) is 0 Å². The normalized spacial score (nSPS) is 10.8. The number of rotatable bonds is 1. The van der Waals surface area contributed by atoms with E-state index in [9.17, 15) is 0 Å². The topological polar surface area (TPSA) is 41.8 Å². The molecule has 2 rings (SSSR count). The summed E-state index contributed by atoms with van der Waals surface area (Å²) in [5.41, 5.74) is 8.63. The smallest absolute Gasteiger partial charge is 0.0476 e. The van der Waals surface area contributed by atoms with Crippen molar-refractivity contribution >= 4 is 29.2 Å². The maximum atomic E-state index is 5.64. The van der Waals surface area contributed by atoms with Crippen molar-refractivity contribution in [3.63, 3.8) is 0 Å². The van der Waals surface area contributed by atoms with Gasteiger partial charge in [-0.1, -0.05) is 6.07 Å². The number of nitrogens with one attached hydrogen (secondary N) is 1. The number of benzene rings is 1. The third kappa shape index (κ3) is 1.16. The second-order valence-electron chi connectivity index (χ2n) is 2.80. The molecule has 2 nitrogen and oxygen atoms in total. The summed E-state index contributed by atoms with van der Waals surface area (Å²) in [6.07, 6.45) is 0. The summed E-state index contributed by atoms with van der Waals surface area (Å²) in [6, 6.07) is 7.93. The van der Waals surface area contributed by atoms with E-state index in [0.29, 0.717) is 0 Å². The van der Waals surface area contributed by atoms with Crippen molar-refractivity contribution in [2.75, 3.05) is 5.73 Å². The quantitative estimate of drug-likeness (QED) is 0.454. The maximum absolute atomic E-state index is 5.64. The SMILES string of the molecule is Nc1ccc2cc(CS)[nH]c2c1. The van der Waals surface area contributed by atoms with E-state index < -0.39 is 0 Å². The number of hydrogen-bond donors (Lipinski definition) is 3. The Bertz CT molecular complexity index is 406. The molecule has 0 radical (unpaired) electrons. The number of H-pyrrole nitrogens is 1. The molecule has 0 fully saturated rings. The lowest BCUT2D eigenvalue weighted by molar-refractivity contribution is 1.27. The Hall–Kier alpha value is -1.09. The lowest BCUT2D eigenvalue weighted by atomic mass is 10.2. The summed E-state index contributed by atoms with van der Waals surface area (Å²) >= 11 is 4.18. The lowest BCUT2D eigenvalue weighted by Crippen LogP contribution is -1.82. The van der Waals surface area contributed by atoms with Crippen LogP contribution >= 0.6 is 12.6 Å². The van der Waals surface area contributed by atoms with Crippen LogP contribution in [0, 0.1) is 0 Å². The summed E-state index contributed by atoms with van der Waals surface area (Å²) in [4.78, 5) is 3.23. The Labute approximate surface area is 76.2 Å². The standard InChI is InChI=1S/C9H10N2S/c10-7-2-1-6-3-8(5-12)11-9(6)4-7/h1-4,11-12H,5,10H2. The Morgan fingerprint density at radius 2 is 2.17 bits per heavy atom. The van der Waals surface area contributed by atoms with E-state index in [0.717, 1.165) is 22.7 Å². The summed E-state index contributed by atoms with van der Waals surface area (Å²) in [7, 11) is 0. The van der Waals surface area contributed by atoms with E-state index in [4.69, 9.17) is 5.73 Å². The van der Waals surface area contributed by atoms with Crippen LogP contribution in [-0.4, -0.2) is 4.98 Å². The average Bonchev–Trinajstić information content (AvgIpc) is 2.46. The highest BCUT2D eigenvalue weighted by Crippen LogP contribution is 2.18. The fourth-order valence-electron chi connectivity index (χ4n) is 1.29. The minimum absolute atomic E-state index is 0.731. The number of fused-ring (bicyclic) bond motifs is 1. The molecule has 1 heterocycles. The van der Waals surface area contributed by atoms with Gasteiger partial charge in [-0.2, -0.15) is 12.6 Å². The van der Waals surface area contributed by atoms with Crippen LogP contribution < -0.4 is 5.73 Å². The van der Waals surface area contributed by atoms with Gasteiger partial charge in [-0.15, -0.1) is 0 Å². The van der Waals surface area contributed by atoms with Crippen molar-refractivity contribution in [3.8, 4) is 0 Å². The van der Waals surface area contributed by atoms with E-state index in [-0.39, 0.29) is 0 Å². The number of aromatic nitrogens is 1. The minimum Gasteiger partial charge on any atom is -0.399 e. The second-order valence-corrected chi connectivity index (χ2v) is 3.12. The number of aromatic amines is 1. The molecular formula is C9H10N2S. The van der Waals surface area contributed by atoms with E-state index in [2.05, 4.69) is 23.7 Å². The third-order valence-electron chi connectivity index (χ3n) is 1.87. The first-order chi connectivity index (χ1) is 5.79. The predicted octanol–water partition coefficient (Wildman–Crippen LogP) is 2.18. The van der Waals surface area contributed by atoms with E-state index >= 15 is 0 Å².